The Balaban J connectivity index is 2.62. The number of rotatable bonds is 7. The Morgan fingerprint density at radius 3 is 2.74 bits per heavy atom. The van der Waals surface area contributed by atoms with Crippen LogP contribution in [0.15, 0.2) is 29.4 Å². The lowest BCUT2D eigenvalue weighted by molar-refractivity contribution is 0.223. The van der Waals surface area contributed by atoms with Gasteiger partial charge in [-0.05, 0) is 24.0 Å². The molecule has 1 unspecified atom stereocenters. The molecule has 0 aliphatic heterocycles. The van der Waals surface area contributed by atoms with Crippen LogP contribution < -0.4 is 11.1 Å². The van der Waals surface area contributed by atoms with E-state index in [0.717, 1.165) is 12.0 Å². The quantitative estimate of drug-likeness (QED) is 0.259. The van der Waals surface area contributed by atoms with Crippen molar-refractivity contribution >= 4 is 5.84 Å². The molecule has 1 rings (SSSR count). The zero-order valence-electron chi connectivity index (χ0n) is 11.5. The van der Waals surface area contributed by atoms with Gasteiger partial charge in [-0.1, -0.05) is 37.2 Å². The van der Waals surface area contributed by atoms with Crippen LogP contribution in [0.5, 0.6) is 0 Å². The Kier molecular flexibility index (Phi) is 6.32. The highest BCUT2D eigenvalue weighted by molar-refractivity contribution is 5.97. The lowest BCUT2D eigenvalue weighted by Gasteiger charge is -2.18. The van der Waals surface area contributed by atoms with Gasteiger partial charge in [-0.15, -0.1) is 0 Å². The van der Waals surface area contributed by atoms with E-state index in [1.807, 2.05) is 18.2 Å². The number of oxime groups is 1. The second kappa shape index (κ2) is 7.76. The predicted molar refractivity (Wildman–Crippen MR) is 76.1 cm³/mol. The average Bonchev–Trinajstić information content (AvgIpc) is 2.42. The van der Waals surface area contributed by atoms with Gasteiger partial charge in [-0.3, -0.25) is 0 Å². The molecule has 5 N–H and O–H groups in total. The number of hydrogen-bond donors (Lipinski definition) is 4. The monoisotopic (exact) mass is 265 g/mol. The highest BCUT2D eigenvalue weighted by Crippen LogP contribution is 2.08. The molecular formula is C14H23N3O2. The summed E-state index contributed by atoms with van der Waals surface area (Å²) in [4.78, 5) is 0. The fourth-order valence-corrected chi connectivity index (χ4v) is 1.95. The van der Waals surface area contributed by atoms with Gasteiger partial charge in [0.05, 0.1) is 6.61 Å². The number of nitrogens with two attached hydrogens (primary N) is 1. The first kappa shape index (κ1) is 15.5. The van der Waals surface area contributed by atoms with E-state index in [2.05, 4.69) is 24.3 Å². The first-order valence-corrected chi connectivity index (χ1v) is 6.48. The van der Waals surface area contributed by atoms with Crippen molar-refractivity contribution in [3.8, 4) is 0 Å². The van der Waals surface area contributed by atoms with Crippen LogP contribution in [-0.2, 0) is 6.54 Å². The molecule has 0 fully saturated rings. The van der Waals surface area contributed by atoms with Crippen molar-refractivity contribution in [3.63, 3.8) is 0 Å². The molecule has 5 heteroatoms. The fraction of sp³-hybridized carbons (Fsp3) is 0.500. The van der Waals surface area contributed by atoms with E-state index in [1.54, 1.807) is 6.07 Å². The Morgan fingerprint density at radius 2 is 2.16 bits per heavy atom. The summed E-state index contributed by atoms with van der Waals surface area (Å²) < 4.78 is 0. The molecule has 19 heavy (non-hydrogen) atoms. The van der Waals surface area contributed by atoms with Crippen molar-refractivity contribution in [2.75, 3.05) is 6.61 Å². The van der Waals surface area contributed by atoms with Crippen LogP contribution >= 0.6 is 0 Å². The van der Waals surface area contributed by atoms with E-state index >= 15 is 0 Å². The first-order chi connectivity index (χ1) is 9.06. The molecule has 0 saturated heterocycles. The standard InChI is InChI=1S/C14H23N3O2/c1-10(2)6-13(9-18)16-8-11-4-3-5-12(7-11)14(15)17-19/h3-5,7,10,13,16,18-19H,6,8-9H2,1-2H3,(H2,15,17). The van der Waals surface area contributed by atoms with Gasteiger partial charge in [0.1, 0.15) is 0 Å². The molecule has 0 aromatic heterocycles. The minimum Gasteiger partial charge on any atom is -0.409 e. The second-order valence-corrected chi connectivity index (χ2v) is 5.08. The maximum atomic E-state index is 9.30. The lowest BCUT2D eigenvalue weighted by atomic mass is 10.0. The molecule has 106 valence electrons. The topological polar surface area (TPSA) is 90.9 Å². The van der Waals surface area contributed by atoms with Gasteiger partial charge >= 0.3 is 0 Å². The zero-order valence-corrected chi connectivity index (χ0v) is 11.5. The van der Waals surface area contributed by atoms with Gasteiger partial charge in [-0.2, -0.15) is 0 Å². The van der Waals surface area contributed by atoms with Crippen LogP contribution in [0, 0.1) is 5.92 Å². The van der Waals surface area contributed by atoms with Gasteiger partial charge in [-0.25, -0.2) is 0 Å². The van der Waals surface area contributed by atoms with E-state index < -0.39 is 0 Å². The summed E-state index contributed by atoms with van der Waals surface area (Å²) >= 11 is 0. The SMILES string of the molecule is CC(C)CC(CO)NCc1cccc(C(N)=NO)c1. The summed E-state index contributed by atoms with van der Waals surface area (Å²) in [5.74, 6) is 0.635. The number of aliphatic hydroxyl groups is 1. The maximum Gasteiger partial charge on any atom is 0.170 e. The van der Waals surface area contributed by atoms with Gasteiger partial charge in [0.2, 0.25) is 0 Å². The van der Waals surface area contributed by atoms with E-state index in [4.69, 9.17) is 10.9 Å². The van der Waals surface area contributed by atoms with Crippen molar-refractivity contribution in [1.82, 2.24) is 5.32 Å². The number of nitrogens with one attached hydrogen (secondary N) is 1. The molecule has 0 bridgehead atoms. The average molecular weight is 265 g/mol. The number of amidine groups is 1. The summed E-state index contributed by atoms with van der Waals surface area (Å²) in [6, 6.07) is 7.57. The Bertz CT molecular complexity index is 419. The summed E-state index contributed by atoms with van der Waals surface area (Å²) in [6.45, 7) is 5.02. The summed E-state index contributed by atoms with van der Waals surface area (Å²) in [6.07, 6.45) is 0.927. The lowest BCUT2D eigenvalue weighted by Crippen LogP contribution is -2.33. The molecule has 1 atom stereocenters. The fourth-order valence-electron chi connectivity index (χ4n) is 1.95. The van der Waals surface area contributed by atoms with Crippen molar-refractivity contribution in [2.24, 2.45) is 16.8 Å². The van der Waals surface area contributed by atoms with E-state index in [-0.39, 0.29) is 18.5 Å². The van der Waals surface area contributed by atoms with Crippen LogP contribution in [0.25, 0.3) is 0 Å². The Labute approximate surface area is 114 Å². The number of nitrogens with zero attached hydrogens (tertiary/aromatic N) is 1. The van der Waals surface area contributed by atoms with E-state index in [9.17, 15) is 5.11 Å². The summed E-state index contributed by atoms with van der Waals surface area (Å²) in [5.41, 5.74) is 7.27. The van der Waals surface area contributed by atoms with E-state index in [0.29, 0.717) is 18.0 Å². The molecule has 0 amide bonds. The normalized spacial score (nSPS) is 13.8. The highest BCUT2D eigenvalue weighted by atomic mass is 16.4. The minimum atomic E-state index is 0.0903. The molecule has 1 aromatic carbocycles. The third kappa shape index (κ3) is 5.28. The molecular weight excluding hydrogens is 242 g/mol. The molecule has 0 saturated carbocycles. The first-order valence-electron chi connectivity index (χ1n) is 6.48. The third-order valence-electron chi connectivity index (χ3n) is 2.90. The molecule has 0 aliphatic carbocycles. The van der Waals surface area contributed by atoms with Crippen LogP contribution in [0.2, 0.25) is 0 Å². The molecule has 0 radical (unpaired) electrons. The van der Waals surface area contributed by atoms with Crippen LogP contribution in [0.1, 0.15) is 31.4 Å². The number of hydrogen-bond acceptors (Lipinski definition) is 4. The smallest absolute Gasteiger partial charge is 0.170 e. The predicted octanol–water partition coefficient (Wildman–Crippen LogP) is 1.28. The van der Waals surface area contributed by atoms with Crippen LogP contribution in [0.3, 0.4) is 0 Å². The second-order valence-electron chi connectivity index (χ2n) is 5.08. The third-order valence-corrected chi connectivity index (χ3v) is 2.90. The van der Waals surface area contributed by atoms with Crippen molar-refractivity contribution in [3.05, 3.63) is 35.4 Å². The summed E-state index contributed by atoms with van der Waals surface area (Å²) in [7, 11) is 0. The van der Waals surface area contributed by atoms with Crippen LogP contribution in [-0.4, -0.2) is 28.8 Å². The molecule has 5 nitrogen and oxygen atoms in total. The molecule has 1 aromatic rings. The summed E-state index contributed by atoms with van der Waals surface area (Å²) in [5, 5.41) is 24.2. The molecule has 0 spiro atoms. The largest absolute Gasteiger partial charge is 0.409 e. The Morgan fingerprint density at radius 1 is 1.42 bits per heavy atom. The van der Waals surface area contributed by atoms with Crippen molar-refractivity contribution in [1.29, 1.82) is 0 Å². The van der Waals surface area contributed by atoms with Crippen molar-refractivity contribution in [2.45, 2.75) is 32.9 Å². The van der Waals surface area contributed by atoms with Gasteiger partial charge in [0.25, 0.3) is 0 Å². The van der Waals surface area contributed by atoms with Gasteiger partial charge in [0.15, 0.2) is 5.84 Å². The number of aliphatic hydroxyl groups excluding tert-OH is 1. The number of benzene rings is 1. The highest BCUT2D eigenvalue weighted by Gasteiger charge is 2.09. The molecule has 0 heterocycles. The van der Waals surface area contributed by atoms with E-state index in [1.165, 1.54) is 0 Å². The maximum absolute atomic E-state index is 9.30. The van der Waals surface area contributed by atoms with Gasteiger partial charge in [0, 0.05) is 18.2 Å². The minimum absolute atomic E-state index is 0.0903. The van der Waals surface area contributed by atoms with Gasteiger partial charge < -0.3 is 21.4 Å². The molecule has 0 aliphatic rings. The zero-order chi connectivity index (χ0) is 14.3. The Hall–Kier alpha value is -1.59. The van der Waals surface area contributed by atoms with Crippen molar-refractivity contribution < 1.29 is 10.3 Å². The van der Waals surface area contributed by atoms with Crippen LogP contribution in [0.4, 0.5) is 0 Å².